The van der Waals surface area contributed by atoms with Gasteiger partial charge in [0.1, 0.15) is 0 Å². The van der Waals surface area contributed by atoms with E-state index in [1.165, 1.54) is 0 Å². The fraction of sp³-hybridized carbons (Fsp3) is 0. The summed E-state index contributed by atoms with van der Waals surface area (Å²) in [4.78, 5) is 0. The molecule has 2 aromatic carbocycles. The summed E-state index contributed by atoms with van der Waals surface area (Å²) in [6.45, 7) is 0. The average Bonchev–Trinajstić information content (AvgIpc) is 2.89. The highest BCUT2D eigenvalue weighted by Gasteiger charge is 2.06. The van der Waals surface area contributed by atoms with Gasteiger partial charge in [0.2, 0.25) is 4.77 Å². The zero-order valence-corrected chi connectivity index (χ0v) is 12.5. The summed E-state index contributed by atoms with van der Waals surface area (Å²) in [5.74, 6) is 0.672. The number of aromatic nitrogens is 3. The molecule has 0 spiro atoms. The molecule has 1 heterocycles. The van der Waals surface area contributed by atoms with Crippen LogP contribution in [0.4, 0.5) is 0 Å². The van der Waals surface area contributed by atoms with E-state index in [0.29, 0.717) is 15.6 Å². The van der Waals surface area contributed by atoms with Crippen LogP contribution in [-0.2, 0) is 0 Å². The van der Waals surface area contributed by atoms with Gasteiger partial charge in [-0.05, 0) is 29.9 Å². The standard InChI is InChI=1S/C15H11ClN4S/c16-13-8-6-11(7-9-13)10-17-20-14(18-19-15(20)21)12-4-2-1-3-5-12/h1-10H,(H,19,21)/b17-10+. The van der Waals surface area contributed by atoms with Crippen molar-refractivity contribution in [1.29, 1.82) is 0 Å². The number of benzene rings is 2. The molecule has 3 rings (SSSR count). The van der Waals surface area contributed by atoms with Crippen LogP contribution < -0.4 is 0 Å². The van der Waals surface area contributed by atoms with Crippen molar-refractivity contribution in [2.45, 2.75) is 0 Å². The van der Waals surface area contributed by atoms with E-state index in [-0.39, 0.29) is 0 Å². The summed E-state index contributed by atoms with van der Waals surface area (Å²) >= 11 is 11.1. The predicted octanol–water partition coefficient (Wildman–Crippen LogP) is 4.14. The van der Waals surface area contributed by atoms with E-state index in [1.54, 1.807) is 10.9 Å². The van der Waals surface area contributed by atoms with Crippen LogP contribution in [-0.4, -0.2) is 21.1 Å². The van der Waals surface area contributed by atoms with Crippen molar-refractivity contribution >= 4 is 30.0 Å². The Balaban J connectivity index is 1.98. The molecule has 0 aliphatic heterocycles. The molecular weight excluding hydrogens is 304 g/mol. The minimum absolute atomic E-state index is 0.444. The summed E-state index contributed by atoms with van der Waals surface area (Å²) in [7, 11) is 0. The molecule has 0 saturated heterocycles. The molecule has 4 nitrogen and oxygen atoms in total. The Morgan fingerprint density at radius 3 is 2.52 bits per heavy atom. The number of nitrogens with zero attached hydrogens (tertiary/aromatic N) is 3. The molecule has 0 amide bonds. The van der Waals surface area contributed by atoms with Crippen LogP contribution in [0.15, 0.2) is 59.7 Å². The van der Waals surface area contributed by atoms with Crippen LogP contribution in [0.1, 0.15) is 5.56 Å². The minimum Gasteiger partial charge on any atom is -0.250 e. The number of aromatic amines is 1. The van der Waals surface area contributed by atoms with E-state index in [2.05, 4.69) is 15.3 Å². The van der Waals surface area contributed by atoms with Crippen LogP contribution in [0.2, 0.25) is 5.02 Å². The number of halogens is 1. The summed E-state index contributed by atoms with van der Waals surface area (Å²) < 4.78 is 2.04. The van der Waals surface area contributed by atoms with Crippen LogP contribution in [0.3, 0.4) is 0 Å². The lowest BCUT2D eigenvalue weighted by Gasteiger charge is -2.00. The molecule has 21 heavy (non-hydrogen) atoms. The Bertz CT molecular complexity index is 819. The molecule has 1 aromatic heterocycles. The largest absolute Gasteiger partial charge is 0.250 e. The Labute approximate surface area is 131 Å². The second kappa shape index (κ2) is 6.03. The Morgan fingerprint density at radius 2 is 1.81 bits per heavy atom. The maximum absolute atomic E-state index is 5.86. The van der Waals surface area contributed by atoms with Gasteiger partial charge in [-0.2, -0.15) is 14.9 Å². The Morgan fingerprint density at radius 1 is 1.10 bits per heavy atom. The molecule has 3 aromatic rings. The second-order valence-electron chi connectivity index (χ2n) is 4.33. The highest BCUT2D eigenvalue weighted by Crippen LogP contribution is 2.16. The topological polar surface area (TPSA) is 46.0 Å². The van der Waals surface area contributed by atoms with E-state index in [1.807, 2.05) is 54.6 Å². The molecule has 0 atom stereocenters. The highest BCUT2D eigenvalue weighted by atomic mass is 35.5. The van der Waals surface area contributed by atoms with Gasteiger partial charge in [0.15, 0.2) is 5.82 Å². The molecule has 1 N–H and O–H groups in total. The molecule has 0 fully saturated rings. The SMILES string of the molecule is S=c1[nH]nc(-c2ccccc2)n1/N=C/c1ccc(Cl)cc1. The quantitative estimate of drug-likeness (QED) is 0.583. The normalized spacial score (nSPS) is 11.1. The fourth-order valence-electron chi connectivity index (χ4n) is 1.85. The third-order valence-electron chi connectivity index (χ3n) is 2.87. The molecule has 0 bridgehead atoms. The van der Waals surface area contributed by atoms with Gasteiger partial charge in [0.25, 0.3) is 0 Å². The number of rotatable bonds is 3. The maximum atomic E-state index is 5.86. The molecular formula is C15H11ClN4S. The summed E-state index contributed by atoms with van der Waals surface area (Å²) in [5.41, 5.74) is 1.87. The van der Waals surface area contributed by atoms with Crippen molar-refractivity contribution in [3.05, 3.63) is 70.0 Å². The minimum atomic E-state index is 0.444. The van der Waals surface area contributed by atoms with Gasteiger partial charge in [0.05, 0.1) is 6.21 Å². The Hall–Kier alpha value is -2.24. The third kappa shape index (κ3) is 3.09. The molecule has 0 unspecified atom stereocenters. The van der Waals surface area contributed by atoms with Crippen molar-refractivity contribution in [2.75, 3.05) is 0 Å². The lowest BCUT2D eigenvalue weighted by atomic mass is 10.2. The number of hydrogen-bond donors (Lipinski definition) is 1. The van der Waals surface area contributed by atoms with Crippen molar-refractivity contribution in [3.63, 3.8) is 0 Å². The first-order chi connectivity index (χ1) is 10.2. The molecule has 0 radical (unpaired) electrons. The summed E-state index contributed by atoms with van der Waals surface area (Å²) in [5, 5.41) is 12.1. The van der Waals surface area contributed by atoms with Gasteiger partial charge in [-0.25, -0.2) is 5.10 Å². The van der Waals surface area contributed by atoms with E-state index < -0.39 is 0 Å². The first kappa shape index (κ1) is 13.7. The summed E-state index contributed by atoms with van der Waals surface area (Å²) in [6.07, 6.45) is 1.72. The van der Waals surface area contributed by atoms with Gasteiger partial charge in [0, 0.05) is 10.6 Å². The summed E-state index contributed by atoms with van der Waals surface area (Å²) in [6, 6.07) is 17.2. The van der Waals surface area contributed by atoms with E-state index in [4.69, 9.17) is 23.8 Å². The smallest absolute Gasteiger partial charge is 0.216 e. The van der Waals surface area contributed by atoms with Gasteiger partial charge in [-0.15, -0.1) is 0 Å². The highest BCUT2D eigenvalue weighted by molar-refractivity contribution is 7.71. The fourth-order valence-corrected chi connectivity index (χ4v) is 2.15. The predicted molar refractivity (Wildman–Crippen MR) is 87.3 cm³/mol. The van der Waals surface area contributed by atoms with Gasteiger partial charge in [-0.3, -0.25) is 0 Å². The van der Waals surface area contributed by atoms with Crippen molar-refractivity contribution in [1.82, 2.24) is 14.9 Å². The molecule has 0 aliphatic carbocycles. The zero-order chi connectivity index (χ0) is 14.7. The monoisotopic (exact) mass is 314 g/mol. The molecule has 104 valence electrons. The van der Waals surface area contributed by atoms with Crippen molar-refractivity contribution in [2.24, 2.45) is 5.10 Å². The van der Waals surface area contributed by atoms with Gasteiger partial charge in [-0.1, -0.05) is 54.1 Å². The number of H-pyrrole nitrogens is 1. The zero-order valence-electron chi connectivity index (χ0n) is 10.9. The first-order valence-corrected chi connectivity index (χ1v) is 7.05. The third-order valence-corrected chi connectivity index (χ3v) is 3.39. The van der Waals surface area contributed by atoms with E-state index >= 15 is 0 Å². The average molecular weight is 315 g/mol. The molecule has 6 heteroatoms. The molecule has 0 saturated carbocycles. The number of nitrogens with one attached hydrogen (secondary N) is 1. The maximum Gasteiger partial charge on any atom is 0.216 e. The lowest BCUT2D eigenvalue weighted by Crippen LogP contribution is -1.94. The second-order valence-corrected chi connectivity index (χ2v) is 5.15. The lowest BCUT2D eigenvalue weighted by molar-refractivity contribution is 0.871. The van der Waals surface area contributed by atoms with Gasteiger partial charge < -0.3 is 0 Å². The van der Waals surface area contributed by atoms with Gasteiger partial charge >= 0.3 is 0 Å². The van der Waals surface area contributed by atoms with Crippen LogP contribution in [0.25, 0.3) is 11.4 Å². The van der Waals surface area contributed by atoms with Crippen LogP contribution in [0, 0.1) is 4.77 Å². The van der Waals surface area contributed by atoms with Crippen molar-refractivity contribution < 1.29 is 0 Å². The Kier molecular flexibility index (Phi) is 3.94. The van der Waals surface area contributed by atoms with Crippen molar-refractivity contribution in [3.8, 4) is 11.4 Å². The van der Waals surface area contributed by atoms with E-state index in [9.17, 15) is 0 Å². The first-order valence-electron chi connectivity index (χ1n) is 6.27. The molecule has 0 aliphatic rings. The number of hydrogen-bond acceptors (Lipinski definition) is 3. The van der Waals surface area contributed by atoms with E-state index in [0.717, 1.165) is 11.1 Å². The van der Waals surface area contributed by atoms with Crippen LogP contribution >= 0.6 is 23.8 Å². The van der Waals surface area contributed by atoms with Crippen LogP contribution in [0.5, 0.6) is 0 Å².